The maximum absolute atomic E-state index is 13.0. The molecule has 112 valence electrons. The summed E-state index contributed by atoms with van der Waals surface area (Å²) in [5.41, 5.74) is 1.64. The summed E-state index contributed by atoms with van der Waals surface area (Å²) in [4.78, 5) is 0. The number of benzene rings is 2. The van der Waals surface area contributed by atoms with E-state index in [2.05, 4.69) is 15.9 Å². The van der Waals surface area contributed by atoms with Gasteiger partial charge in [-0.3, -0.25) is 0 Å². The summed E-state index contributed by atoms with van der Waals surface area (Å²) in [7, 11) is 1.54. The Labute approximate surface area is 140 Å². The second-order valence-electron chi connectivity index (χ2n) is 4.27. The van der Waals surface area contributed by atoms with Crippen LogP contribution < -0.4 is 9.47 Å². The third kappa shape index (κ3) is 4.02. The van der Waals surface area contributed by atoms with Gasteiger partial charge in [0.15, 0.2) is 11.5 Å². The van der Waals surface area contributed by atoms with Crippen LogP contribution in [-0.2, 0) is 11.9 Å². The van der Waals surface area contributed by atoms with E-state index >= 15 is 0 Å². The zero-order valence-corrected chi connectivity index (χ0v) is 14.2. The number of alkyl halides is 1. The highest BCUT2D eigenvalue weighted by atomic mass is 79.9. The molecule has 6 heteroatoms. The smallest absolute Gasteiger partial charge is 0.180 e. The van der Waals surface area contributed by atoms with E-state index in [1.165, 1.54) is 12.1 Å². The molecule has 0 N–H and O–H groups in total. The Bertz CT molecular complexity index is 650. The summed E-state index contributed by atoms with van der Waals surface area (Å²) in [5.74, 6) is 0.584. The van der Waals surface area contributed by atoms with Crippen LogP contribution in [0.15, 0.2) is 30.3 Å². The number of ether oxygens (including phenoxy) is 2. The van der Waals surface area contributed by atoms with E-state index in [1.54, 1.807) is 19.2 Å². The van der Waals surface area contributed by atoms with Crippen molar-refractivity contribution in [3.8, 4) is 11.5 Å². The minimum atomic E-state index is -0.388. The summed E-state index contributed by atoms with van der Waals surface area (Å²) in [6.07, 6.45) is 0. The molecule has 0 atom stereocenters. The van der Waals surface area contributed by atoms with Crippen molar-refractivity contribution in [2.24, 2.45) is 0 Å². The van der Waals surface area contributed by atoms with Crippen molar-refractivity contribution in [3.05, 3.63) is 57.3 Å². The molecule has 0 heterocycles. The molecule has 0 fully saturated rings. The Kier molecular flexibility index (Phi) is 5.73. The lowest BCUT2D eigenvalue weighted by atomic mass is 10.2. The summed E-state index contributed by atoms with van der Waals surface area (Å²) in [5, 5.41) is 1.41. The fourth-order valence-corrected chi connectivity index (χ4v) is 2.61. The van der Waals surface area contributed by atoms with Gasteiger partial charge in [-0.05, 0) is 29.8 Å². The number of hydrogen-bond acceptors (Lipinski definition) is 2. The summed E-state index contributed by atoms with van der Waals surface area (Å²) in [6, 6.07) is 7.78. The van der Waals surface area contributed by atoms with Crippen molar-refractivity contribution in [2.45, 2.75) is 11.9 Å². The minimum Gasteiger partial charge on any atom is -0.493 e. The average Bonchev–Trinajstić information content (AvgIpc) is 2.46. The molecule has 0 saturated carbocycles. The van der Waals surface area contributed by atoms with Gasteiger partial charge in [-0.2, -0.15) is 0 Å². The highest BCUT2D eigenvalue weighted by molar-refractivity contribution is 9.08. The Morgan fingerprint density at radius 3 is 2.52 bits per heavy atom. The van der Waals surface area contributed by atoms with Crippen LogP contribution in [0.2, 0.25) is 10.0 Å². The molecule has 2 aromatic rings. The minimum absolute atomic E-state index is 0.169. The van der Waals surface area contributed by atoms with E-state index in [-0.39, 0.29) is 12.4 Å². The highest BCUT2D eigenvalue weighted by Crippen LogP contribution is 2.37. The van der Waals surface area contributed by atoms with Gasteiger partial charge in [-0.25, -0.2) is 4.39 Å². The number of methoxy groups -OCH3 is 1. The first kappa shape index (κ1) is 16.4. The molecule has 2 aromatic carbocycles. The Morgan fingerprint density at radius 1 is 1.14 bits per heavy atom. The van der Waals surface area contributed by atoms with Crippen LogP contribution in [0, 0.1) is 5.82 Å². The molecule has 0 aliphatic carbocycles. The molecule has 0 spiro atoms. The van der Waals surface area contributed by atoms with E-state index in [0.29, 0.717) is 32.4 Å². The molecule has 0 amide bonds. The van der Waals surface area contributed by atoms with Crippen molar-refractivity contribution >= 4 is 39.1 Å². The lowest BCUT2D eigenvalue weighted by Crippen LogP contribution is -2.00. The van der Waals surface area contributed by atoms with E-state index < -0.39 is 0 Å². The first-order chi connectivity index (χ1) is 10.0. The number of halogens is 4. The van der Waals surface area contributed by atoms with E-state index in [1.807, 2.05) is 6.07 Å². The molecule has 2 nitrogen and oxygen atoms in total. The van der Waals surface area contributed by atoms with E-state index in [9.17, 15) is 4.39 Å². The first-order valence-electron chi connectivity index (χ1n) is 6.04. The predicted molar refractivity (Wildman–Crippen MR) is 86.4 cm³/mol. The summed E-state index contributed by atoms with van der Waals surface area (Å²) in [6.45, 7) is 0.169. The fourth-order valence-electron chi connectivity index (χ4n) is 1.78. The molecule has 0 unspecified atom stereocenters. The van der Waals surface area contributed by atoms with Gasteiger partial charge in [0.1, 0.15) is 12.4 Å². The topological polar surface area (TPSA) is 18.5 Å². The molecule has 0 aromatic heterocycles. The van der Waals surface area contributed by atoms with Crippen molar-refractivity contribution in [1.29, 1.82) is 0 Å². The number of rotatable bonds is 5. The molecule has 0 radical (unpaired) electrons. The molecule has 0 saturated heterocycles. The second kappa shape index (κ2) is 7.34. The van der Waals surface area contributed by atoms with Crippen LogP contribution in [-0.4, -0.2) is 7.11 Å². The van der Waals surface area contributed by atoms with Crippen LogP contribution >= 0.6 is 39.1 Å². The van der Waals surface area contributed by atoms with Crippen LogP contribution in [0.5, 0.6) is 11.5 Å². The normalized spacial score (nSPS) is 10.5. The van der Waals surface area contributed by atoms with Gasteiger partial charge in [0.25, 0.3) is 0 Å². The SMILES string of the molecule is COc1cc(CBr)cc(Cl)c1OCc1ccc(F)cc1Cl. The van der Waals surface area contributed by atoms with E-state index in [0.717, 1.165) is 5.56 Å². The van der Waals surface area contributed by atoms with Crippen LogP contribution in [0.1, 0.15) is 11.1 Å². The lowest BCUT2D eigenvalue weighted by Gasteiger charge is -2.14. The third-order valence-corrected chi connectivity index (χ3v) is 4.11. The van der Waals surface area contributed by atoms with Gasteiger partial charge in [0, 0.05) is 10.9 Å². The van der Waals surface area contributed by atoms with Gasteiger partial charge in [-0.1, -0.05) is 45.2 Å². The fraction of sp³-hybridized carbons (Fsp3) is 0.200. The predicted octanol–water partition coefficient (Wildman–Crippen LogP) is 5.62. The van der Waals surface area contributed by atoms with Gasteiger partial charge in [0.2, 0.25) is 0 Å². The molecule has 0 aliphatic heterocycles. The summed E-state index contributed by atoms with van der Waals surface area (Å²) < 4.78 is 24.0. The van der Waals surface area contributed by atoms with Gasteiger partial charge < -0.3 is 9.47 Å². The molecular weight excluding hydrogens is 382 g/mol. The number of hydrogen-bond donors (Lipinski definition) is 0. The van der Waals surface area contributed by atoms with Crippen molar-refractivity contribution in [1.82, 2.24) is 0 Å². The summed E-state index contributed by atoms with van der Waals surface area (Å²) >= 11 is 15.5. The maximum atomic E-state index is 13.0. The Hall–Kier alpha value is -0.970. The van der Waals surface area contributed by atoms with Crippen molar-refractivity contribution in [2.75, 3.05) is 7.11 Å². The molecular formula is C15H12BrCl2FO2. The quantitative estimate of drug-likeness (QED) is 0.614. The Balaban J connectivity index is 2.23. The van der Waals surface area contributed by atoms with Crippen LogP contribution in [0.25, 0.3) is 0 Å². The van der Waals surface area contributed by atoms with Crippen molar-refractivity contribution in [3.63, 3.8) is 0 Å². The van der Waals surface area contributed by atoms with E-state index in [4.69, 9.17) is 32.7 Å². The standard InChI is InChI=1S/C15H12BrCl2FO2/c1-20-14-5-9(7-16)4-13(18)15(14)21-8-10-2-3-11(19)6-12(10)17/h2-6H,7-8H2,1H3. The molecule has 2 rings (SSSR count). The van der Waals surface area contributed by atoms with Crippen LogP contribution in [0.4, 0.5) is 4.39 Å². The largest absolute Gasteiger partial charge is 0.493 e. The van der Waals surface area contributed by atoms with Gasteiger partial charge in [0.05, 0.1) is 17.2 Å². The third-order valence-electron chi connectivity index (χ3n) is 2.83. The lowest BCUT2D eigenvalue weighted by molar-refractivity contribution is 0.284. The first-order valence-corrected chi connectivity index (χ1v) is 7.92. The van der Waals surface area contributed by atoms with Gasteiger partial charge in [-0.15, -0.1) is 0 Å². The molecule has 21 heavy (non-hydrogen) atoms. The maximum Gasteiger partial charge on any atom is 0.180 e. The average molecular weight is 394 g/mol. The van der Waals surface area contributed by atoms with Crippen LogP contribution in [0.3, 0.4) is 0 Å². The van der Waals surface area contributed by atoms with Gasteiger partial charge >= 0.3 is 0 Å². The Morgan fingerprint density at radius 2 is 1.90 bits per heavy atom. The van der Waals surface area contributed by atoms with Crippen molar-refractivity contribution < 1.29 is 13.9 Å². The monoisotopic (exact) mass is 392 g/mol. The zero-order chi connectivity index (χ0) is 15.4. The zero-order valence-electron chi connectivity index (χ0n) is 11.1. The molecule has 0 bridgehead atoms. The second-order valence-corrected chi connectivity index (χ2v) is 5.64. The highest BCUT2D eigenvalue weighted by Gasteiger charge is 2.13. The molecule has 0 aliphatic rings.